The molecule has 0 aliphatic heterocycles. The van der Waals surface area contributed by atoms with Gasteiger partial charge < -0.3 is 5.32 Å². The highest BCUT2D eigenvalue weighted by molar-refractivity contribution is 9.10. The van der Waals surface area contributed by atoms with Crippen LogP contribution in [0.1, 0.15) is 5.56 Å². The topological polar surface area (TPSA) is 12.0 Å². The summed E-state index contributed by atoms with van der Waals surface area (Å²) < 4.78 is 25.4. The van der Waals surface area contributed by atoms with Gasteiger partial charge in [-0.3, -0.25) is 0 Å². The molecule has 0 radical (unpaired) electrons. The van der Waals surface area contributed by atoms with Gasteiger partial charge in [-0.25, -0.2) is 0 Å². The van der Waals surface area contributed by atoms with Gasteiger partial charge in [-0.15, -0.1) is 0 Å². The van der Waals surface area contributed by atoms with Crippen LogP contribution in [0.2, 0.25) is 5.02 Å². The monoisotopic (exact) mass is 377 g/mol. The van der Waals surface area contributed by atoms with Crippen LogP contribution >= 0.6 is 39.3 Å². The predicted octanol–water partition coefficient (Wildman–Crippen LogP) is 6.03. The SMILES string of the molecule is FC(F)Sc1ccc(NCc2cc(Br)ccc2Cl)cc1. The predicted molar refractivity (Wildman–Crippen MR) is 84.8 cm³/mol. The summed E-state index contributed by atoms with van der Waals surface area (Å²) in [5.41, 5.74) is 1.83. The molecule has 20 heavy (non-hydrogen) atoms. The number of rotatable bonds is 5. The van der Waals surface area contributed by atoms with Crippen molar-refractivity contribution in [2.75, 3.05) is 5.32 Å². The molecule has 0 heterocycles. The molecule has 0 atom stereocenters. The molecule has 2 rings (SSSR count). The smallest absolute Gasteiger partial charge is 0.288 e. The first kappa shape index (κ1) is 15.6. The first-order valence-electron chi connectivity index (χ1n) is 5.77. The minimum absolute atomic E-state index is 0.538. The number of nitrogens with one attached hydrogen (secondary N) is 1. The van der Waals surface area contributed by atoms with Gasteiger partial charge in [-0.05, 0) is 48.0 Å². The Labute approximate surface area is 133 Å². The van der Waals surface area contributed by atoms with Gasteiger partial charge in [0.15, 0.2) is 0 Å². The Balaban J connectivity index is 1.98. The van der Waals surface area contributed by atoms with Crippen molar-refractivity contribution in [3.05, 3.63) is 57.5 Å². The van der Waals surface area contributed by atoms with Crippen LogP contribution in [0.25, 0.3) is 0 Å². The van der Waals surface area contributed by atoms with E-state index < -0.39 is 5.76 Å². The lowest BCUT2D eigenvalue weighted by Gasteiger charge is -2.09. The van der Waals surface area contributed by atoms with Gasteiger partial charge in [0.25, 0.3) is 5.76 Å². The van der Waals surface area contributed by atoms with Crippen LogP contribution in [-0.2, 0) is 6.54 Å². The summed E-state index contributed by atoms with van der Waals surface area (Å²) in [6.07, 6.45) is 0. The molecule has 0 unspecified atom stereocenters. The van der Waals surface area contributed by atoms with Crippen molar-refractivity contribution < 1.29 is 8.78 Å². The molecule has 0 aliphatic rings. The maximum absolute atomic E-state index is 12.2. The van der Waals surface area contributed by atoms with E-state index in [1.54, 1.807) is 24.3 Å². The van der Waals surface area contributed by atoms with Crippen molar-refractivity contribution >= 4 is 45.0 Å². The van der Waals surface area contributed by atoms with E-state index in [2.05, 4.69) is 21.2 Å². The summed E-state index contributed by atoms with van der Waals surface area (Å²) in [6, 6.07) is 12.5. The highest BCUT2D eigenvalue weighted by Crippen LogP contribution is 2.27. The van der Waals surface area contributed by atoms with Crippen molar-refractivity contribution in [1.82, 2.24) is 0 Å². The second-order valence-electron chi connectivity index (χ2n) is 3.99. The van der Waals surface area contributed by atoms with E-state index in [0.29, 0.717) is 28.2 Å². The lowest BCUT2D eigenvalue weighted by Crippen LogP contribution is -2.00. The van der Waals surface area contributed by atoms with E-state index in [9.17, 15) is 8.78 Å². The molecule has 0 spiro atoms. The highest BCUT2D eigenvalue weighted by atomic mass is 79.9. The van der Waals surface area contributed by atoms with Crippen LogP contribution in [0.3, 0.4) is 0 Å². The van der Waals surface area contributed by atoms with Gasteiger partial charge in [0.05, 0.1) is 0 Å². The van der Waals surface area contributed by atoms with Gasteiger partial charge >= 0.3 is 0 Å². The van der Waals surface area contributed by atoms with Crippen molar-refractivity contribution in [2.45, 2.75) is 17.2 Å². The third-order valence-electron chi connectivity index (χ3n) is 2.57. The van der Waals surface area contributed by atoms with Crippen LogP contribution in [0.5, 0.6) is 0 Å². The summed E-state index contributed by atoms with van der Waals surface area (Å²) in [6.45, 7) is 0.569. The summed E-state index contributed by atoms with van der Waals surface area (Å²) in [5, 5.41) is 3.89. The van der Waals surface area contributed by atoms with E-state index in [1.807, 2.05) is 18.2 Å². The molecule has 0 aromatic heterocycles. The normalized spacial score (nSPS) is 10.8. The third kappa shape index (κ3) is 4.65. The summed E-state index contributed by atoms with van der Waals surface area (Å²) in [4.78, 5) is 0.547. The molecule has 2 aromatic carbocycles. The molecule has 0 bridgehead atoms. The second kappa shape index (κ2) is 7.29. The van der Waals surface area contributed by atoms with Crippen molar-refractivity contribution in [3.8, 4) is 0 Å². The summed E-state index contributed by atoms with van der Waals surface area (Å²) in [7, 11) is 0. The molecular weight excluding hydrogens is 368 g/mol. The first-order valence-corrected chi connectivity index (χ1v) is 7.82. The number of thioether (sulfide) groups is 1. The number of benzene rings is 2. The van der Waals surface area contributed by atoms with Crippen LogP contribution in [0.4, 0.5) is 14.5 Å². The number of hydrogen-bond donors (Lipinski definition) is 1. The standard InChI is InChI=1S/C14H11BrClF2NS/c15-10-1-6-13(16)9(7-10)8-19-11-2-4-12(5-3-11)20-14(17)18/h1-7,14,19H,8H2. The first-order chi connectivity index (χ1) is 9.54. The Morgan fingerprint density at radius 1 is 1.15 bits per heavy atom. The zero-order valence-electron chi connectivity index (χ0n) is 10.2. The van der Waals surface area contributed by atoms with Gasteiger partial charge in [0.1, 0.15) is 0 Å². The Bertz CT molecular complexity index is 578. The molecule has 1 N–H and O–H groups in total. The van der Waals surface area contributed by atoms with Gasteiger partial charge in [0.2, 0.25) is 0 Å². The van der Waals surface area contributed by atoms with E-state index >= 15 is 0 Å². The van der Waals surface area contributed by atoms with Crippen molar-refractivity contribution in [2.24, 2.45) is 0 Å². The van der Waals surface area contributed by atoms with Gasteiger partial charge in [0, 0.05) is 26.6 Å². The van der Waals surface area contributed by atoms with E-state index in [1.165, 1.54) is 0 Å². The number of hydrogen-bond acceptors (Lipinski definition) is 2. The number of halogens is 4. The Hall–Kier alpha value is -0.780. The molecule has 0 aliphatic carbocycles. The van der Waals surface area contributed by atoms with Gasteiger partial charge in [-0.2, -0.15) is 8.78 Å². The van der Waals surface area contributed by atoms with E-state index in [-0.39, 0.29) is 0 Å². The Kier molecular flexibility index (Phi) is 5.69. The van der Waals surface area contributed by atoms with Gasteiger partial charge in [-0.1, -0.05) is 39.3 Å². The lowest BCUT2D eigenvalue weighted by atomic mass is 10.2. The number of anilines is 1. The second-order valence-corrected chi connectivity index (χ2v) is 6.38. The van der Waals surface area contributed by atoms with Crippen molar-refractivity contribution in [3.63, 3.8) is 0 Å². The van der Waals surface area contributed by atoms with Crippen molar-refractivity contribution in [1.29, 1.82) is 0 Å². The maximum atomic E-state index is 12.2. The summed E-state index contributed by atoms with van der Waals surface area (Å²) >= 11 is 10.0. The lowest BCUT2D eigenvalue weighted by molar-refractivity contribution is 0.252. The molecule has 0 amide bonds. The molecular formula is C14H11BrClF2NS. The minimum atomic E-state index is -2.39. The van der Waals surface area contributed by atoms with E-state index in [4.69, 9.17) is 11.6 Å². The maximum Gasteiger partial charge on any atom is 0.288 e. The fraction of sp³-hybridized carbons (Fsp3) is 0.143. The minimum Gasteiger partial charge on any atom is -0.381 e. The quantitative estimate of drug-likeness (QED) is 0.638. The molecule has 0 saturated carbocycles. The highest BCUT2D eigenvalue weighted by Gasteiger charge is 2.05. The molecule has 1 nitrogen and oxygen atoms in total. The number of alkyl halides is 2. The average Bonchev–Trinajstić information content (AvgIpc) is 2.41. The third-order valence-corrected chi connectivity index (χ3v) is 4.15. The molecule has 6 heteroatoms. The molecule has 106 valence electrons. The Morgan fingerprint density at radius 3 is 2.50 bits per heavy atom. The molecule has 0 saturated heterocycles. The van der Waals surface area contributed by atoms with Crippen LogP contribution < -0.4 is 5.32 Å². The largest absolute Gasteiger partial charge is 0.381 e. The van der Waals surface area contributed by atoms with Crippen LogP contribution in [0.15, 0.2) is 51.8 Å². The zero-order chi connectivity index (χ0) is 14.5. The fourth-order valence-electron chi connectivity index (χ4n) is 1.63. The van der Waals surface area contributed by atoms with Crippen LogP contribution in [0, 0.1) is 0 Å². The Morgan fingerprint density at radius 2 is 1.85 bits per heavy atom. The van der Waals surface area contributed by atoms with E-state index in [0.717, 1.165) is 15.7 Å². The van der Waals surface area contributed by atoms with Crippen LogP contribution in [-0.4, -0.2) is 5.76 Å². The molecule has 2 aromatic rings. The molecule has 0 fully saturated rings. The fourth-order valence-corrected chi connectivity index (χ4v) is 2.72. The average molecular weight is 379 g/mol. The summed E-state index contributed by atoms with van der Waals surface area (Å²) in [5.74, 6) is -2.39. The zero-order valence-corrected chi connectivity index (χ0v) is 13.4.